The number of nitrogen functional groups attached to an aromatic ring is 1. The molecule has 5 atom stereocenters. The van der Waals surface area contributed by atoms with Gasteiger partial charge in [0.05, 0.1) is 34.7 Å². The highest BCUT2D eigenvalue weighted by molar-refractivity contribution is 7.98. The summed E-state index contributed by atoms with van der Waals surface area (Å²) in [4.78, 5) is 63.0. The molecule has 0 saturated heterocycles. The normalized spacial score (nSPS) is 14.0. The average molecular weight is 1050 g/mol. The molecule has 19 nitrogen and oxygen atoms in total. The zero-order valence-electron chi connectivity index (χ0n) is 43.8. The van der Waals surface area contributed by atoms with Crippen molar-refractivity contribution < 1.29 is 56.8 Å². The first kappa shape index (κ1) is 59.0. The van der Waals surface area contributed by atoms with Crippen LogP contribution in [0.5, 0.6) is 5.75 Å². The number of halogens is 1. The third-order valence-corrected chi connectivity index (χ3v) is 10.8. The minimum atomic E-state index is -1.42. The van der Waals surface area contributed by atoms with E-state index in [1.165, 1.54) is 18.0 Å². The number of ether oxygens (including phenoxy) is 7. The van der Waals surface area contributed by atoms with Crippen molar-refractivity contribution in [1.29, 1.82) is 10.5 Å². The standard InChI is InChI=1S/C52H66ClN7O12S/c1-29(69-49(3,4)5)40(58-47(63)71-51(9,10)11)45(61)67-27-36(68-46(62)41(30(2)70-50(6,7)8)59-48(64)72-52(12,13)14)26-65-35-21-17-31(18-22-35)39-37(23-54)42(56)60-44(38(39)24-55)73-28-34-25-66-43(57-34)32-15-19-33(53)20-16-32/h15-22,25,29-30,36,40-41H,26-28H2,1-14H3,(H2,56,60)(H,58,63)(H,59,64)/t29-,30-,36+,40+,41+/m1/s1. The third-order valence-electron chi connectivity index (χ3n) is 9.56. The second kappa shape index (κ2) is 24.9. The minimum Gasteiger partial charge on any atom is -0.490 e. The Bertz CT molecular complexity index is 2640. The number of hydrogen-bond acceptors (Lipinski definition) is 18. The summed E-state index contributed by atoms with van der Waals surface area (Å²) in [5.74, 6) is -1.14. The van der Waals surface area contributed by atoms with Crippen molar-refractivity contribution in [2.75, 3.05) is 18.9 Å². The van der Waals surface area contributed by atoms with Gasteiger partial charge in [0.2, 0.25) is 5.89 Å². The van der Waals surface area contributed by atoms with E-state index in [-0.39, 0.29) is 39.0 Å². The summed E-state index contributed by atoms with van der Waals surface area (Å²) in [5.41, 5.74) is 5.04. The Morgan fingerprint density at radius 1 is 0.712 bits per heavy atom. The molecule has 0 aliphatic heterocycles. The molecule has 73 heavy (non-hydrogen) atoms. The van der Waals surface area contributed by atoms with Crippen LogP contribution in [0.15, 0.2) is 64.2 Å². The van der Waals surface area contributed by atoms with Crippen LogP contribution in [0.4, 0.5) is 15.4 Å². The molecule has 0 spiro atoms. The van der Waals surface area contributed by atoms with Crippen molar-refractivity contribution in [3.8, 4) is 40.5 Å². The number of carbonyl (C=O) groups is 4. The van der Waals surface area contributed by atoms with E-state index < -0.39 is 90.1 Å². The Balaban J connectivity index is 1.64. The molecule has 0 fully saturated rings. The minimum absolute atomic E-state index is 0.0179. The first-order chi connectivity index (χ1) is 33.8. The molecule has 0 aliphatic rings. The number of thioether (sulfide) groups is 1. The highest BCUT2D eigenvalue weighted by Crippen LogP contribution is 2.37. The van der Waals surface area contributed by atoms with E-state index >= 15 is 0 Å². The molecule has 2 aromatic carbocycles. The van der Waals surface area contributed by atoms with Crippen LogP contribution >= 0.6 is 23.4 Å². The largest absolute Gasteiger partial charge is 0.490 e. The Kier molecular flexibility index (Phi) is 20.1. The number of aromatic nitrogens is 2. The van der Waals surface area contributed by atoms with E-state index in [1.54, 1.807) is 145 Å². The predicted molar refractivity (Wildman–Crippen MR) is 273 cm³/mol. The van der Waals surface area contributed by atoms with E-state index in [2.05, 4.69) is 32.7 Å². The molecule has 0 radical (unpaired) electrons. The number of hydrogen-bond donors (Lipinski definition) is 3. The van der Waals surface area contributed by atoms with E-state index in [0.29, 0.717) is 22.2 Å². The number of oxazole rings is 1. The fourth-order valence-electron chi connectivity index (χ4n) is 6.81. The smallest absolute Gasteiger partial charge is 0.408 e. The second-order valence-electron chi connectivity index (χ2n) is 20.7. The van der Waals surface area contributed by atoms with Crippen LogP contribution in [0, 0.1) is 22.7 Å². The van der Waals surface area contributed by atoms with Gasteiger partial charge in [0, 0.05) is 21.9 Å². The van der Waals surface area contributed by atoms with Gasteiger partial charge in [-0.15, -0.1) is 0 Å². The molecule has 4 N–H and O–H groups in total. The maximum atomic E-state index is 14.1. The van der Waals surface area contributed by atoms with Gasteiger partial charge < -0.3 is 53.9 Å². The summed E-state index contributed by atoms with van der Waals surface area (Å²) in [5, 5.41) is 26.6. The van der Waals surface area contributed by atoms with Gasteiger partial charge >= 0.3 is 24.1 Å². The summed E-state index contributed by atoms with van der Waals surface area (Å²) in [6, 6.07) is 14.8. The molecule has 2 aromatic heterocycles. The van der Waals surface area contributed by atoms with Crippen LogP contribution in [0.2, 0.25) is 5.02 Å². The summed E-state index contributed by atoms with van der Waals surface area (Å²) < 4.78 is 46.4. The van der Waals surface area contributed by atoms with Crippen LogP contribution < -0.4 is 21.1 Å². The van der Waals surface area contributed by atoms with Crippen molar-refractivity contribution in [3.05, 3.63) is 76.6 Å². The molecule has 394 valence electrons. The van der Waals surface area contributed by atoms with Gasteiger partial charge in [0.15, 0.2) is 18.2 Å². The van der Waals surface area contributed by atoms with Crippen molar-refractivity contribution >= 4 is 53.3 Å². The Morgan fingerprint density at radius 2 is 1.22 bits per heavy atom. The van der Waals surface area contributed by atoms with Crippen molar-refractivity contribution in [2.24, 2.45) is 0 Å². The number of alkyl carbamates (subject to hydrolysis) is 2. The lowest BCUT2D eigenvalue weighted by atomic mass is 9.97. The van der Waals surface area contributed by atoms with E-state index in [4.69, 9.17) is 54.9 Å². The zero-order valence-corrected chi connectivity index (χ0v) is 45.3. The van der Waals surface area contributed by atoms with Gasteiger partial charge in [0.25, 0.3) is 0 Å². The molecule has 21 heteroatoms. The van der Waals surface area contributed by atoms with Crippen molar-refractivity contribution in [2.45, 2.75) is 161 Å². The molecular weight excluding hydrogens is 982 g/mol. The van der Waals surface area contributed by atoms with Crippen LogP contribution in [0.3, 0.4) is 0 Å². The monoisotopic (exact) mass is 1050 g/mol. The van der Waals surface area contributed by atoms with Gasteiger partial charge in [-0.2, -0.15) is 10.5 Å². The zero-order chi connectivity index (χ0) is 54.6. The van der Waals surface area contributed by atoms with Gasteiger partial charge in [-0.1, -0.05) is 35.5 Å². The molecule has 0 saturated carbocycles. The Hall–Kier alpha value is -6.58. The highest BCUT2D eigenvalue weighted by Gasteiger charge is 2.37. The lowest BCUT2D eigenvalue weighted by Gasteiger charge is -2.32. The average Bonchev–Trinajstić information content (AvgIpc) is 3.74. The number of nitrogens with two attached hydrogens (primary N) is 1. The molecule has 0 aliphatic carbocycles. The number of anilines is 1. The molecule has 4 aromatic rings. The van der Waals surface area contributed by atoms with Gasteiger partial charge in [0.1, 0.15) is 65.0 Å². The molecule has 4 rings (SSSR count). The predicted octanol–water partition coefficient (Wildman–Crippen LogP) is 9.70. The third kappa shape index (κ3) is 19.1. The topological polar surface area (TPSA) is 269 Å². The molecule has 2 amide bonds. The van der Waals surface area contributed by atoms with Gasteiger partial charge in [-0.25, -0.2) is 29.1 Å². The second-order valence-corrected chi connectivity index (χ2v) is 22.1. The van der Waals surface area contributed by atoms with E-state index in [9.17, 15) is 29.7 Å². The molecule has 0 unspecified atom stereocenters. The Labute approximate surface area is 436 Å². The number of nitrogens with zero attached hydrogens (tertiary/aromatic N) is 4. The van der Waals surface area contributed by atoms with Crippen LogP contribution in [-0.2, 0) is 43.8 Å². The molecule has 2 heterocycles. The number of rotatable bonds is 19. The van der Waals surface area contributed by atoms with Gasteiger partial charge in [-0.05, 0) is 139 Å². The maximum Gasteiger partial charge on any atom is 0.408 e. The van der Waals surface area contributed by atoms with E-state index in [1.807, 2.05) is 0 Å². The fourth-order valence-corrected chi connectivity index (χ4v) is 7.81. The lowest BCUT2D eigenvalue weighted by Crippen LogP contribution is -2.54. The summed E-state index contributed by atoms with van der Waals surface area (Å²) in [6.45, 7) is 22.8. The molecule has 0 bridgehead atoms. The first-order valence-corrected chi connectivity index (χ1v) is 24.6. The lowest BCUT2D eigenvalue weighted by molar-refractivity contribution is -0.170. The number of amides is 2. The SMILES string of the molecule is C[C@@H](OC(C)(C)C)[C@H](NC(=O)OC(C)(C)C)C(=O)OC[C@H](COc1ccc(-c2c(C#N)c(N)nc(SCc3coc(-c4ccc(Cl)cc4)n3)c2C#N)cc1)OC(=O)[C@@H](NC(=O)OC(C)(C)C)[C@@H](C)OC(C)(C)C. The van der Waals surface area contributed by atoms with Crippen molar-refractivity contribution in [3.63, 3.8) is 0 Å². The number of nitrogens with one attached hydrogen (secondary N) is 2. The summed E-state index contributed by atoms with van der Waals surface area (Å²) in [7, 11) is 0. The number of benzene rings is 2. The Morgan fingerprint density at radius 3 is 1.71 bits per heavy atom. The highest BCUT2D eigenvalue weighted by atomic mass is 35.5. The fraction of sp³-hybridized carbons (Fsp3) is 0.500. The maximum absolute atomic E-state index is 14.1. The first-order valence-electron chi connectivity index (χ1n) is 23.3. The van der Waals surface area contributed by atoms with E-state index in [0.717, 1.165) is 5.56 Å². The number of carbonyl (C=O) groups excluding carboxylic acids is 4. The van der Waals surface area contributed by atoms with Crippen LogP contribution in [0.1, 0.15) is 114 Å². The quantitative estimate of drug-likeness (QED) is 0.0448. The number of pyridine rings is 1. The summed E-state index contributed by atoms with van der Waals surface area (Å²) >= 11 is 7.22. The van der Waals surface area contributed by atoms with Crippen LogP contribution in [0.25, 0.3) is 22.6 Å². The molecular formula is C52H66ClN7O12S. The number of esters is 2. The van der Waals surface area contributed by atoms with Gasteiger partial charge in [-0.3, -0.25) is 0 Å². The number of nitriles is 2. The van der Waals surface area contributed by atoms with Crippen LogP contribution in [-0.4, -0.2) is 100 Å². The van der Waals surface area contributed by atoms with Crippen molar-refractivity contribution in [1.82, 2.24) is 20.6 Å². The summed E-state index contributed by atoms with van der Waals surface area (Å²) in [6.07, 6.45) is -3.55.